The standard InChI is InChI=1S/C22H28ClN7O2S/c1-12-17(33-15-3-6-26-19(25)16(15)23)20-27-9-14(10-31)30(20)21(28-12)29-7-4-22(5-8-29)11-32-13(2)18(22)24/h3,6,9,13,18,31H,4-5,7-8,10-11,24H2,1-2H3,(H2,25,26)/t13-,18+/m0/s1. The summed E-state index contributed by atoms with van der Waals surface area (Å²) in [5.74, 6) is 1.06. The van der Waals surface area contributed by atoms with Crippen LogP contribution < -0.4 is 16.4 Å². The number of halogens is 1. The summed E-state index contributed by atoms with van der Waals surface area (Å²) >= 11 is 7.84. The zero-order valence-electron chi connectivity index (χ0n) is 18.7. The molecule has 0 aromatic carbocycles. The van der Waals surface area contributed by atoms with Gasteiger partial charge in [0, 0.05) is 35.6 Å². The molecule has 3 aromatic heterocycles. The van der Waals surface area contributed by atoms with Crippen molar-refractivity contribution in [2.45, 2.75) is 55.2 Å². The Labute approximate surface area is 201 Å². The number of hydrogen-bond donors (Lipinski definition) is 3. The molecule has 0 amide bonds. The average molecular weight is 490 g/mol. The summed E-state index contributed by atoms with van der Waals surface area (Å²) in [6.07, 6.45) is 5.28. The number of piperidine rings is 1. The van der Waals surface area contributed by atoms with Crippen LogP contribution in [-0.2, 0) is 11.3 Å². The minimum atomic E-state index is -0.139. The second-order valence-electron chi connectivity index (χ2n) is 8.89. The Kier molecular flexibility index (Phi) is 5.90. The number of aliphatic hydroxyl groups excluding tert-OH is 1. The Morgan fingerprint density at radius 1 is 1.33 bits per heavy atom. The highest BCUT2D eigenvalue weighted by Crippen LogP contribution is 2.43. The molecule has 5 N–H and O–H groups in total. The number of rotatable bonds is 4. The number of hydrogen-bond acceptors (Lipinski definition) is 9. The van der Waals surface area contributed by atoms with Gasteiger partial charge in [-0.05, 0) is 32.8 Å². The van der Waals surface area contributed by atoms with Crippen LogP contribution in [0.25, 0.3) is 5.65 Å². The first-order valence-electron chi connectivity index (χ1n) is 11.0. The number of nitrogens with zero attached hydrogens (tertiary/aromatic N) is 5. The number of anilines is 2. The van der Waals surface area contributed by atoms with Crippen LogP contribution in [0.2, 0.25) is 5.02 Å². The van der Waals surface area contributed by atoms with Crippen molar-refractivity contribution in [2.75, 3.05) is 30.3 Å². The van der Waals surface area contributed by atoms with E-state index in [0.29, 0.717) is 17.3 Å². The number of ether oxygens (including phenoxy) is 1. The molecule has 5 rings (SSSR count). The number of nitrogens with two attached hydrogens (primary N) is 2. The van der Waals surface area contributed by atoms with Crippen LogP contribution in [0, 0.1) is 12.3 Å². The van der Waals surface area contributed by atoms with Gasteiger partial charge in [-0.1, -0.05) is 23.4 Å². The summed E-state index contributed by atoms with van der Waals surface area (Å²) in [6, 6.07) is 1.87. The van der Waals surface area contributed by atoms with Crippen molar-refractivity contribution in [3.05, 3.63) is 34.9 Å². The van der Waals surface area contributed by atoms with Crippen LogP contribution in [0.4, 0.5) is 11.8 Å². The van der Waals surface area contributed by atoms with Gasteiger partial charge in [0.1, 0.15) is 5.82 Å². The zero-order chi connectivity index (χ0) is 23.3. The maximum Gasteiger partial charge on any atom is 0.211 e. The van der Waals surface area contributed by atoms with Crippen LogP contribution in [0.15, 0.2) is 28.3 Å². The van der Waals surface area contributed by atoms with Gasteiger partial charge >= 0.3 is 0 Å². The minimum Gasteiger partial charge on any atom is -0.390 e. The molecular formula is C22H28ClN7O2S. The van der Waals surface area contributed by atoms with Crippen molar-refractivity contribution < 1.29 is 9.84 Å². The molecule has 2 saturated heterocycles. The van der Waals surface area contributed by atoms with Gasteiger partial charge < -0.3 is 26.2 Å². The third-order valence-electron chi connectivity index (χ3n) is 6.98. The first kappa shape index (κ1) is 22.7. The van der Waals surface area contributed by atoms with Crippen molar-refractivity contribution in [1.29, 1.82) is 0 Å². The Bertz CT molecular complexity index is 1200. The Hall–Kier alpha value is -2.11. The van der Waals surface area contributed by atoms with Crippen LogP contribution >= 0.6 is 23.4 Å². The molecule has 0 unspecified atom stereocenters. The lowest BCUT2D eigenvalue weighted by Gasteiger charge is -2.41. The van der Waals surface area contributed by atoms with Gasteiger partial charge in [-0.3, -0.25) is 4.40 Å². The number of pyridine rings is 1. The highest BCUT2D eigenvalue weighted by Gasteiger charge is 2.47. The van der Waals surface area contributed by atoms with E-state index < -0.39 is 0 Å². The maximum absolute atomic E-state index is 10.0. The fourth-order valence-corrected chi connectivity index (χ4v) is 6.08. The highest BCUT2D eigenvalue weighted by atomic mass is 35.5. The van der Waals surface area contributed by atoms with E-state index in [1.165, 1.54) is 11.8 Å². The SMILES string of the molecule is Cc1nc(N2CCC3(CC2)CO[C@@H](C)[C@H]3N)n2c(CO)cnc2c1Sc1ccnc(N)c1Cl. The van der Waals surface area contributed by atoms with Gasteiger partial charge in [0.05, 0.1) is 46.8 Å². The molecule has 11 heteroatoms. The lowest BCUT2D eigenvalue weighted by Crippen LogP contribution is -2.51. The lowest BCUT2D eigenvalue weighted by molar-refractivity contribution is 0.0973. The Balaban J connectivity index is 1.51. The molecule has 0 bridgehead atoms. The number of aryl methyl sites for hydroxylation is 1. The molecule has 0 saturated carbocycles. The molecular weight excluding hydrogens is 462 g/mol. The van der Waals surface area contributed by atoms with Gasteiger partial charge in [0.2, 0.25) is 5.95 Å². The molecule has 5 heterocycles. The third-order valence-corrected chi connectivity index (χ3v) is 8.73. The predicted octanol–water partition coefficient (Wildman–Crippen LogP) is 2.64. The summed E-state index contributed by atoms with van der Waals surface area (Å²) in [6.45, 7) is 6.22. The summed E-state index contributed by atoms with van der Waals surface area (Å²) in [5, 5.41) is 10.4. The monoisotopic (exact) mass is 489 g/mol. The second kappa shape index (κ2) is 8.59. The lowest BCUT2D eigenvalue weighted by atomic mass is 9.73. The molecule has 3 aromatic rings. The zero-order valence-corrected chi connectivity index (χ0v) is 20.2. The van der Waals surface area contributed by atoms with Crippen molar-refractivity contribution in [3.63, 3.8) is 0 Å². The molecule has 33 heavy (non-hydrogen) atoms. The molecule has 176 valence electrons. The van der Waals surface area contributed by atoms with Crippen LogP contribution in [0.1, 0.15) is 31.2 Å². The smallest absolute Gasteiger partial charge is 0.211 e. The van der Waals surface area contributed by atoms with Gasteiger partial charge in [-0.15, -0.1) is 0 Å². The van der Waals surface area contributed by atoms with Crippen molar-refractivity contribution >= 4 is 40.8 Å². The van der Waals surface area contributed by atoms with Crippen LogP contribution in [0.5, 0.6) is 0 Å². The largest absolute Gasteiger partial charge is 0.390 e. The summed E-state index contributed by atoms with van der Waals surface area (Å²) in [7, 11) is 0. The molecule has 0 radical (unpaired) electrons. The van der Waals surface area contributed by atoms with E-state index in [9.17, 15) is 5.11 Å². The quantitative estimate of drug-likeness (QED) is 0.506. The van der Waals surface area contributed by atoms with Gasteiger partial charge in [-0.2, -0.15) is 0 Å². The van der Waals surface area contributed by atoms with Crippen molar-refractivity contribution in [1.82, 2.24) is 19.4 Å². The second-order valence-corrected chi connectivity index (χ2v) is 10.3. The van der Waals surface area contributed by atoms with Crippen molar-refractivity contribution in [2.24, 2.45) is 11.1 Å². The van der Waals surface area contributed by atoms with E-state index >= 15 is 0 Å². The Morgan fingerprint density at radius 2 is 2.09 bits per heavy atom. The van der Waals surface area contributed by atoms with Gasteiger partial charge in [-0.25, -0.2) is 15.0 Å². The normalized spacial score (nSPS) is 22.5. The van der Waals surface area contributed by atoms with E-state index in [-0.39, 0.29) is 30.0 Å². The number of aromatic nitrogens is 4. The fourth-order valence-electron chi connectivity index (χ4n) is 4.88. The minimum absolute atomic E-state index is 0.0205. The van der Waals surface area contributed by atoms with Crippen molar-refractivity contribution in [3.8, 4) is 0 Å². The van der Waals surface area contributed by atoms with E-state index in [1.807, 2.05) is 17.4 Å². The molecule has 2 aliphatic rings. The molecule has 1 spiro atoms. The highest BCUT2D eigenvalue weighted by molar-refractivity contribution is 7.99. The molecule has 2 atom stereocenters. The fraction of sp³-hybridized carbons (Fsp3) is 0.500. The predicted molar refractivity (Wildman–Crippen MR) is 129 cm³/mol. The molecule has 2 aliphatic heterocycles. The summed E-state index contributed by atoms with van der Waals surface area (Å²) in [4.78, 5) is 17.5. The number of fused-ring (bicyclic) bond motifs is 1. The van der Waals surface area contributed by atoms with Crippen LogP contribution in [-0.4, -0.2) is 56.3 Å². The van der Waals surface area contributed by atoms with E-state index in [4.69, 9.17) is 32.8 Å². The maximum atomic E-state index is 10.0. The first-order valence-corrected chi connectivity index (χ1v) is 12.2. The van der Waals surface area contributed by atoms with E-state index in [2.05, 4.69) is 21.8 Å². The summed E-state index contributed by atoms with van der Waals surface area (Å²) in [5.41, 5.74) is 14.7. The van der Waals surface area contributed by atoms with E-state index in [0.717, 1.165) is 53.0 Å². The summed E-state index contributed by atoms with van der Waals surface area (Å²) < 4.78 is 7.81. The first-order chi connectivity index (χ1) is 15.8. The van der Waals surface area contributed by atoms with Gasteiger partial charge in [0.25, 0.3) is 0 Å². The molecule has 9 nitrogen and oxygen atoms in total. The van der Waals surface area contributed by atoms with E-state index in [1.54, 1.807) is 12.4 Å². The number of imidazole rings is 1. The topological polar surface area (TPSA) is 128 Å². The van der Waals surface area contributed by atoms with Crippen LogP contribution in [0.3, 0.4) is 0 Å². The third kappa shape index (κ3) is 3.74. The number of aliphatic hydroxyl groups is 1. The van der Waals surface area contributed by atoms with Gasteiger partial charge in [0.15, 0.2) is 5.65 Å². The Morgan fingerprint density at radius 3 is 2.76 bits per heavy atom. The average Bonchev–Trinajstić information content (AvgIpc) is 3.36. The molecule has 0 aliphatic carbocycles. The molecule has 2 fully saturated rings. The number of nitrogen functional groups attached to an aromatic ring is 1.